The van der Waals surface area contributed by atoms with Crippen LogP contribution in [0.4, 0.5) is 11.5 Å². The van der Waals surface area contributed by atoms with Crippen molar-refractivity contribution in [1.82, 2.24) is 25.0 Å². The molecule has 0 aliphatic carbocycles. The predicted octanol–water partition coefficient (Wildman–Crippen LogP) is 3.06. The van der Waals surface area contributed by atoms with Gasteiger partial charge in [0.05, 0.1) is 5.52 Å². The van der Waals surface area contributed by atoms with Crippen molar-refractivity contribution in [3.05, 3.63) is 65.4 Å². The minimum Gasteiger partial charge on any atom is -0.393 e. The maximum atomic E-state index is 6.26. The fourth-order valence-corrected chi connectivity index (χ4v) is 2.64. The maximum Gasteiger partial charge on any atom is 0.184 e. The lowest BCUT2D eigenvalue weighted by Crippen LogP contribution is -2.10. The molecule has 3 N–H and O–H groups in total. The molecule has 0 spiro atoms. The first kappa shape index (κ1) is 15.3. The Labute approximate surface area is 148 Å². The lowest BCUT2D eigenvalue weighted by atomic mass is 10.2. The number of nitrogens with zero attached hydrogens (tertiary/aromatic N) is 5. The fraction of sp³-hybridized carbons (Fsp3) is 0.0588. The van der Waals surface area contributed by atoms with Crippen molar-refractivity contribution >= 4 is 34.1 Å². The quantitative estimate of drug-likeness (QED) is 0.586. The van der Waals surface area contributed by atoms with Crippen molar-refractivity contribution in [3.63, 3.8) is 0 Å². The second-order valence-electron chi connectivity index (χ2n) is 5.43. The van der Waals surface area contributed by atoms with Gasteiger partial charge >= 0.3 is 0 Å². The van der Waals surface area contributed by atoms with Gasteiger partial charge in [-0.15, -0.1) is 5.10 Å². The Balaban J connectivity index is 1.65. The molecule has 2 aromatic heterocycles. The molecule has 0 atom stereocenters. The summed E-state index contributed by atoms with van der Waals surface area (Å²) in [5, 5.41) is 12.2. The van der Waals surface area contributed by atoms with Crippen LogP contribution in [0, 0.1) is 0 Å². The second-order valence-corrected chi connectivity index (χ2v) is 5.87. The summed E-state index contributed by atoms with van der Waals surface area (Å²) in [5.74, 6) is 1.03. The first-order valence-corrected chi connectivity index (χ1v) is 8.00. The molecular formula is C17H14ClN7. The Morgan fingerprint density at radius 3 is 2.68 bits per heavy atom. The van der Waals surface area contributed by atoms with Gasteiger partial charge in [-0.2, -0.15) is 4.68 Å². The van der Waals surface area contributed by atoms with E-state index in [9.17, 15) is 0 Å². The molecule has 0 saturated carbocycles. The number of fused-ring (bicyclic) bond motifs is 1. The van der Waals surface area contributed by atoms with E-state index in [4.69, 9.17) is 17.3 Å². The molecular weight excluding hydrogens is 338 g/mol. The van der Waals surface area contributed by atoms with E-state index < -0.39 is 0 Å². The van der Waals surface area contributed by atoms with Crippen LogP contribution in [0.5, 0.6) is 0 Å². The minimum atomic E-state index is 0.409. The number of nitrogens with one attached hydrogen (secondary N) is 1. The van der Waals surface area contributed by atoms with Gasteiger partial charge in [-0.05, 0) is 29.8 Å². The fourth-order valence-electron chi connectivity index (χ4n) is 2.51. The van der Waals surface area contributed by atoms with Crippen LogP contribution in [0.3, 0.4) is 0 Å². The van der Waals surface area contributed by atoms with E-state index >= 15 is 0 Å². The highest BCUT2D eigenvalue weighted by Gasteiger charge is 2.13. The third-order valence-electron chi connectivity index (χ3n) is 3.79. The lowest BCUT2D eigenvalue weighted by molar-refractivity contribution is 0.799. The van der Waals surface area contributed by atoms with E-state index in [1.165, 1.54) is 6.33 Å². The summed E-state index contributed by atoms with van der Waals surface area (Å²) in [6, 6.07) is 15.2. The summed E-state index contributed by atoms with van der Waals surface area (Å²) in [4.78, 5) is 8.49. The molecule has 0 aliphatic rings. The molecule has 0 unspecified atom stereocenters. The second kappa shape index (κ2) is 6.37. The Morgan fingerprint density at radius 1 is 1.04 bits per heavy atom. The summed E-state index contributed by atoms with van der Waals surface area (Å²) in [6.45, 7) is 0.565. The molecule has 0 aliphatic heterocycles. The molecule has 4 rings (SSSR count). The van der Waals surface area contributed by atoms with E-state index in [1.807, 2.05) is 48.5 Å². The Morgan fingerprint density at radius 2 is 1.84 bits per heavy atom. The zero-order chi connectivity index (χ0) is 17.2. The van der Waals surface area contributed by atoms with Crippen molar-refractivity contribution in [2.75, 3.05) is 11.1 Å². The molecule has 25 heavy (non-hydrogen) atoms. The molecule has 0 radical (unpaired) electrons. The van der Waals surface area contributed by atoms with Gasteiger partial charge in [0, 0.05) is 11.6 Å². The van der Waals surface area contributed by atoms with Gasteiger partial charge in [0.15, 0.2) is 11.6 Å². The van der Waals surface area contributed by atoms with E-state index in [-0.39, 0.29) is 0 Å². The predicted molar refractivity (Wildman–Crippen MR) is 97.6 cm³/mol. The molecule has 0 amide bonds. The third-order valence-corrected chi connectivity index (χ3v) is 4.04. The maximum absolute atomic E-state index is 6.26. The van der Waals surface area contributed by atoms with Crippen LogP contribution in [0.15, 0.2) is 54.9 Å². The average Bonchev–Trinajstić information content (AvgIpc) is 3.06. The van der Waals surface area contributed by atoms with Gasteiger partial charge in [0.25, 0.3) is 0 Å². The van der Waals surface area contributed by atoms with E-state index in [2.05, 4.69) is 25.6 Å². The zero-order valence-electron chi connectivity index (χ0n) is 13.1. The summed E-state index contributed by atoms with van der Waals surface area (Å²) in [7, 11) is 0. The summed E-state index contributed by atoms with van der Waals surface area (Å²) in [6.07, 6.45) is 1.45. The van der Waals surface area contributed by atoms with Crippen molar-refractivity contribution in [2.24, 2.45) is 0 Å². The molecule has 2 aromatic carbocycles. The van der Waals surface area contributed by atoms with Crippen LogP contribution in [0.25, 0.3) is 16.9 Å². The van der Waals surface area contributed by atoms with E-state index in [0.717, 1.165) is 16.6 Å². The Bertz CT molecular complexity index is 1030. The van der Waals surface area contributed by atoms with Crippen molar-refractivity contribution < 1.29 is 0 Å². The van der Waals surface area contributed by atoms with Crippen molar-refractivity contribution in [1.29, 1.82) is 0 Å². The number of halogens is 1. The van der Waals surface area contributed by atoms with Crippen LogP contribution in [-0.4, -0.2) is 25.0 Å². The molecule has 0 saturated heterocycles. The summed E-state index contributed by atoms with van der Waals surface area (Å²) < 4.78 is 1.61. The normalized spacial score (nSPS) is 10.9. The standard InChI is InChI=1S/C17H14ClN7/c18-12-7-5-11(6-8-12)9-20-16-15(19)17(22-10-21-16)25-14-4-2-1-3-13(14)23-24-25/h1-8,10H,9,19H2,(H,20,21,22). The number of hydrogen-bond acceptors (Lipinski definition) is 6. The monoisotopic (exact) mass is 351 g/mol. The van der Waals surface area contributed by atoms with Gasteiger partial charge in [-0.3, -0.25) is 0 Å². The molecule has 124 valence electrons. The van der Waals surface area contributed by atoms with Gasteiger partial charge in [0.2, 0.25) is 0 Å². The molecule has 8 heteroatoms. The Hall–Kier alpha value is -3.19. The molecule has 0 fully saturated rings. The van der Waals surface area contributed by atoms with Gasteiger partial charge in [-0.1, -0.05) is 41.1 Å². The first-order valence-electron chi connectivity index (χ1n) is 7.62. The summed E-state index contributed by atoms with van der Waals surface area (Å²) in [5.41, 5.74) is 9.34. The smallest absolute Gasteiger partial charge is 0.184 e. The number of nitrogen functional groups attached to an aromatic ring is 1. The van der Waals surface area contributed by atoms with Gasteiger partial charge in [-0.25, -0.2) is 9.97 Å². The molecule has 2 heterocycles. The topological polar surface area (TPSA) is 94.5 Å². The van der Waals surface area contributed by atoms with Crippen molar-refractivity contribution in [3.8, 4) is 5.82 Å². The van der Waals surface area contributed by atoms with Crippen LogP contribution in [0.2, 0.25) is 5.02 Å². The summed E-state index contributed by atoms with van der Waals surface area (Å²) >= 11 is 5.90. The van der Waals surface area contributed by atoms with E-state index in [0.29, 0.717) is 28.9 Å². The number of anilines is 2. The van der Waals surface area contributed by atoms with Crippen LogP contribution >= 0.6 is 11.6 Å². The highest BCUT2D eigenvalue weighted by Crippen LogP contribution is 2.24. The molecule has 7 nitrogen and oxygen atoms in total. The molecule has 4 aromatic rings. The SMILES string of the molecule is Nc1c(NCc2ccc(Cl)cc2)ncnc1-n1nnc2ccccc21. The third kappa shape index (κ3) is 2.97. The van der Waals surface area contributed by atoms with Crippen LogP contribution < -0.4 is 11.1 Å². The minimum absolute atomic E-state index is 0.409. The number of benzene rings is 2. The van der Waals surface area contributed by atoms with Gasteiger partial charge in [0.1, 0.15) is 17.5 Å². The highest BCUT2D eigenvalue weighted by atomic mass is 35.5. The van der Waals surface area contributed by atoms with Crippen molar-refractivity contribution in [2.45, 2.75) is 6.54 Å². The van der Waals surface area contributed by atoms with E-state index in [1.54, 1.807) is 4.68 Å². The largest absolute Gasteiger partial charge is 0.393 e. The average molecular weight is 352 g/mol. The van der Waals surface area contributed by atoms with Gasteiger partial charge < -0.3 is 11.1 Å². The molecule has 0 bridgehead atoms. The zero-order valence-corrected chi connectivity index (χ0v) is 13.9. The Kier molecular flexibility index (Phi) is 3.91. The number of para-hydroxylation sites is 1. The highest BCUT2D eigenvalue weighted by molar-refractivity contribution is 6.30. The number of hydrogen-bond donors (Lipinski definition) is 2. The number of nitrogens with two attached hydrogens (primary N) is 1. The van der Waals surface area contributed by atoms with Crippen LogP contribution in [0.1, 0.15) is 5.56 Å². The number of rotatable bonds is 4. The first-order chi connectivity index (χ1) is 12.2. The lowest BCUT2D eigenvalue weighted by Gasteiger charge is -2.11. The number of aromatic nitrogens is 5. The van der Waals surface area contributed by atoms with Crippen LogP contribution in [-0.2, 0) is 6.54 Å².